The molecule has 0 bridgehead atoms. The highest BCUT2D eigenvalue weighted by Gasteiger charge is 2.34. The number of carboxylic acid groups (broad SMARTS) is 1. The molecule has 5 nitrogen and oxygen atoms in total. The summed E-state index contributed by atoms with van der Waals surface area (Å²) in [5.41, 5.74) is 0.279. The van der Waals surface area contributed by atoms with Crippen LogP contribution in [0.2, 0.25) is 0 Å². The van der Waals surface area contributed by atoms with Crippen LogP contribution >= 0.6 is 15.9 Å². The van der Waals surface area contributed by atoms with Gasteiger partial charge >= 0.3 is 5.97 Å². The average molecular weight is 299 g/mol. The summed E-state index contributed by atoms with van der Waals surface area (Å²) in [6.07, 6.45) is 3.27. The lowest BCUT2D eigenvalue weighted by Crippen LogP contribution is -2.37. The molecule has 1 aromatic heterocycles. The monoisotopic (exact) mass is 298 g/mol. The van der Waals surface area contributed by atoms with Gasteiger partial charge in [-0.15, -0.1) is 0 Å². The molecule has 0 aromatic carbocycles. The largest absolute Gasteiger partial charge is 0.480 e. The van der Waals surface area contributed by atoms with Crippen LogP contribution in [-0.2, 0) is 4.79 Å². The lowest BCUT2D eigenvalue weighted by atomic mass is 10.3. The van der Waals surface area contributed by atoms with Gasteiger partial charge in [0.25, 0.3) is 5.91 Å². The molecule has 1 aliphatic carbocycles. The number of aliphatic carboxylic acids is 1. The Hall–Kier alpha value is -1.43. The Bertz CT molecular complexity index is 443. The molecule has 0 unspecified atom stereocenters. The van der Waals surface area contributed by atoms with E-state index >= 15 is 0 Å². The smallest absolute Gasteiger partial charge is 0.323 e. The fourth-order valence-electron chi connectivity index (χ4n) is 1.55. The van der Waals surface area contributed by atoms with E-state index < -0.39 is 5.97 Å². The van der Waals surface area contributed by atoms with Gasteiger partial charge in [-0.1, -0.05) is 0 Å². The summed E-state index contributed by atoms with van der Waals surface area (Å²) in [4.78, 5) is 28.1. The summed E-state index contributed by atoms with van der Waals surface area (Å²) in [6.45, 7) is -0.263. The maximum atomic E-state index is 12.1. The van der Waals surface area contributed by atoms with Gasteiger partial charge in [0, 0.05) is 16.7 Å². The molecule has 1 aromatic rings. The average Bonchev–Trinajstić information content (AvgIpc) is 3.09. The first-order valence-corrected chi connectivity index (χ1v) is 6.01. The Labute approximate surface area is 107 Å². The quantitative estimate of drug-likeness (QED) is 0.915. The van der Waals surface area contributed by atoms with Crippen molar-refractivity contribution in [2.24, 2.45) is 0 Å². The second-order valence-corrected chi connectivity index (χ2v) is 4.84. The number of amides is 1. The van der Waals surface area contributed by atoms with Gasteiger partial charge in [-0.3, -0.25) is 9.59 Å². The van der Waals surface area contributed by atoms with Crippen molar-refractivity contribution in [3.63, 3.8) is 0 Å². The van der Waals surface area contributed by atoms with E-state index in [2.05, 4.69) is 20.9 Å². The number of carboxylic acids is 1. The van der Waals surface area contributed by atoms with Gasteiger partial charge in [-0.25, -0.2) is 4.98 Å². The number of halogens is 1. The number of pyridine rings is 1. The van der Waals surface area contributed by atoms with Gasteiger partial charge < -0.3 is 10.0 Å². The molecule has 1 aliphatic rings. The number of aromatic nitrogens is 1. The molecule has 6 heteroatoms. The van der Waals surface area contributed by atoms with Crippen LogP contribution in [0, 0.1) is 0 Å². The number of rotatable bonds is 4. The van der Waals surface area contributed by atoms with Crippen molar-refractivity contribution in [3.05, 3.63) is 28.5 Å². The van der Waals surface area contributed by atoms with E-state index in [0.29, 0.717) is 0 Å². The van der Waals surface area contributed by atoms with E-state index in [9.17, 15) is 9.59 Å². The van der Waals surface area contributed by atoms with Gasteiger partial charge in [0.05, 0.1) is 0 Å². The van der Waals surface area contributed by atoms with Crippen molar-refractivity contribution in [2.45, 2.75) is 18.9 Å². The fraction of sp³-hybridized carbons (Fsp3) is 0.364. The third kappa shape index (κ3) is 3.03. The normalized spacial score (nSPS) is 14.4. The minimum Gasteiger partial charge on any atom is -0.480 e. The first kappa shape index (κ1) is 12.0. The van der Waals surface area contributed by atoms with E-state index in [4.69, 9.17) is 5.11 Å². The van der Waals surface area contributed by atoms with Crippen molar-refractivity contribution in [3.8, 4) is 0 Å². The van der Waals surface area contributed by atoms with Gasteiger partial charge in [0.2, 0.25) is 0 Å². The second kappa shape index (κ2) is 4.83. The van der Waals surface area contributed by atoms with Crippen LogP contribution in [0.25, 0.3) is 0 Å². The minimum atomic E-state index is -0.998. The number of hydrogen-bond donors (Lipinski definition) is 1. The Morgan fingerprint density at radius 3 is 2.65 bits per heavy atom. The third-order valence-corrected chi connectivity index (χ3v) is 2.97. The summed E-state index contributed by atoms with van der Waals surface area (Å²) in [5.74, 6) is -1.32. The maximum absolute atomic E-state index is 12.1. The molecular weight excluding hydrogens is 288 g/mol. The van der Waals surface area contributed by atoms with Gasteiger partial charge in [0.15, 0.2) is 0 Å². The molecule has 1 saturated carbocycles. The van der Waals surface area contributed by atoms with Crippen LogP contribution in [0.4, 0.5) is 0 Å². The van der Waals surface area contributed by atoms with E-state index in [1.54, 1.807) is 12.1 Å². The zero-order valence-electron chi connectivity index (χ0n) is 8.97. The highest BCUT2D eigenvalue weighted by molar-refractivity contribution is 9.10. The van der Waals surface area contributed by atoms with Crippen molar-refractivity contribution in [1.29, 1.82) is 0 Å². The standard InChI is InChI=1S/C11H11BrN2O3/c12-7-1-4-9(13-5-7)11(17)14(6-10(15)16)8-2-3-8/h1,4-5,8H,2-3,6H2,(H,15,16). The molecule has 0 saturated heterocycles. The van der Waals surface area contributed by atoms with Crippen molar-refractivity contribution in [2.75, 3.05) is 6.54 Å². The number of carbonyl (C=O) groups is 2. The Morgan fingerprint density at radius 2 is 2.18 bits per heavy atom. The second-order valence-electron chi connectivity index (χ2n) is 3.92. The number of carbonyl (C=O) groups excluding carboxylic acids is 1. The molecule has 0 radical (unpaired) electrons. The SMILES string of the molecule is O=C(O)CN(C(=O)c1ccc(Br)cn1)C1CC1. The summed E-state index contributed by atoms with van der Waals surface area (Å²) >= 11 is 3.23. The van der Waals surface area contributed by atoms with Crippen LogP contribution in [0.5, 0.6) is 0 Å². The van der Waals surface area contributed by atoms with Crippen LogP contribution < -0.4 is 0 Å². The van der Waals surface area contributed by atoms with Gasteiger partial charge in [-0.05, 0) is 40.9 Å². The highest BCUT2D eigenvalue weighted by Crippen LogP contribution is 2.27. The first-order valence-electron chi connectivity index (χ1n) is 5.22. The van der Waals surface area contributed by atoms with Crippen molar-refractivity contribution >= 4 is 27.8 Å². The van der Waals surface area contributed by atoms with E-state index in [1.807, 2.05) is 0 Å². The minimum absolute atomic E-state index is 0.0593. The highest BCUT2D eigenvalue weighted by atomic mass is 79.9. The third-order valence-electron chi connectivity index (χ3n) is 2.50. The zero-order valence-corrected chi connectivity index (χ0v) is 10.6. The summed E-state index contributed by atoms with van der Waals surface area (Å²) < 4.78 is 0.783. The topological polar surface area (TPSA) is 70.5 Å². The summed E-state index contributed by atoms with van der Waals surface area (Å²) in [6, 6.07) is 3.36. The van der Waals surface area contributed by atoms with Crippen LogP contribution in [0.15, 0.2) is 22.8 Å². The van der Waals surface area contributed by atoms with Gasteiger partial charge in [-0.2, -0.15) is 0 Å². The zero-order chi connectivity index (χ0) is 12.4. The predicted molar refractivity (Wildman–Crippen MR) is 63.6 cm³/mol. The van der Waals surface area contributed by atoms with Crippen molar-refractivity contribution in [1.82, 2.24) is 9.88 Å². The molecule has 1 heterocycles. The Balaban J connectivity index is 2.15. The lowest BCUT2D eigenvalue weighted by Gasteiger charge is -2.19. The first-order chi connectivity index (χ1) is 8.08. The molecule has 0 atom stereocenters. The Morgan fingerprint density at radius 1 is 1.47 bits per heavy atom. The van der Waals surface area contributed by atoms with Crippen LogP contribution in [0.3, 0.4) is 0 Å². The van der Waals surface area contributed by atoms with E-state index in [0.717, 1.165) is 17.3 Å². The molecule has 1 fully saturated rings. The summed E-state index contributed by atoms with van der Waals surface area (Å²) in [5, 5.41) is 8.78. The molecular formula is C11H11BrN2O3. The lowest BCUT2D eigenvalue weighted by molar-refractivity contribution is -0.137. The predicted octanol–water partition coefficient (Wildman–Crippen LogP) is 1.53. The molecule has 0 spiro atoms. The molecule has 2 rings (SSSR count). The molecule has 1 amide bonds. The molecule has 17 heavy (non-hydrogen) atoms. The van der Waals surface area contributed by atoms with Crippen LogP contribution in [-0.4, -0.2) is 39.5 Å². The Kier molecular flexibility index (Phi) is 3.42. The fourth-order valence-corrected chi connectivity index (χ4v) is 1.78. The number of nitrogens with zero attached hydrogens (tertiary/aromatic N) is 2. The van der Waals surface area contributed by atoms with E-state index in [1.165, 1.54) is 11.1 Å². The molecule has 1 N–H and O–H groups in total. The van der Waals surface area contributed by atoms with Gasteiger partial charge in [0.1, 0.15) is 12.2 Å². The maximum Gasteiger partial charge on any atom is 0.323 e. The van der Waals surface area contributed by atoms with Crippen LogP contribution in [0.1, 0.15) is 23.3 Å². The number of hydrogen-bond acceptors (Lipinski definition) is 3. The van der Waals surface area contributed by atoms with E-state index in [-0.39, 0.29) is 24.2 Å². The molecule has 0 aliphatic heterocycles. The summed E-state index contributed by atoms with van der Waals surface area (Å²) in [7, 11) is 0. The van der Waals surface area contributed by atoms with Crippen molar-refractivity contribution < 1.29 is 14.7 Å². The molecule has 90 valence electrons.